The number of carbonyl (C=O) groups excluding carboxylic acids is 2. The minimum Gasteiger partial charge on any atom is -0.365 e. The number of fused-ring (bicyclic) bond motifs is 1. The first-order valence-electron chi connectivity index (χ1n) is 10.6. The van der Waals surface area contributed by atoms with Gasteiger partial charge in [-0.05, 0) is 32.4 Å². The second-order valence-corrected chi connectivity index (χ2v) is 8.98. The number of hydrogen-bond acceptors (Lipinski definition) is 8. The van der Waals surface area contributed by atoms with Crippen LogP contribution in [0.4, 0.5) is 24.5 Å². The number of hydrogen-bond donors (Lipinski definition) is 2. The van der Waals surface area contributed by atoms with Gasteiger partial charge >= 0.3 is 11.9 Å². The Morgan fingerprint density at radius 2 is 1.92 bits per heavy atom. The number of alkyl halides is 3. The Balaban J connectivity index is 2.02. The molecular weight excluding hydrogens is 517 g/mol. The number of halogens is 3. The highest BCUT2D eigenvalue weighted by molar-refractivity contribution is 7.21. The van der Waals surface area contributed by atoms with Crippen LogP contribution in [0.3, 0.4) is 0 Å². The standard InChI is InChI=1S/C21H19F3N8O4S/c1-5-31-8(2)11(7-26-31)10-6-12(21(22,23)24)27-20-13(10)14(17(37-20)18(25)33)28-19(34)15-16(32(35)36)9(3)30(4)29-15/h6-7H,5H2,1-4H3,(H2,25,33)(H,28,34). The fourth-order valence-corrected chi connectivity index (χ4v) is 4.93. The summed E-state index contributed by atoms with van der Waals surface area (Å²) in [6.07, 6.45) is -3.45. The molecule has 194 valence electrons. The number of carbonyl (C=O) groups is 2. The fraction of sp³-hybridized carbons (Fsp3) is 0.286. The first-order chi connectivity index (χ1) is 17.3. The van der Waals surface area contributed by atoms with Crippen LogP contribution in [0.5, 0.6) is 0 Å². The van der Waals surface area contributed by atoms with Crippen LogP contribution in [-0.2, 0) is 19.8 Å². The van der Waals surface area contributed by atoms with E-state index in [9.17, 15) is 32.9 Å². The molecule has 0 aromatic carbocycles. The predicted octanol–water partition coefficient (Wildman–Crippen LogP) is 3.81. The van der Waals surface area contributed by atoms with Crippen molar-refractivity contribution in [3.05, 3.63) is 50.0 Å². The largest absolute Gasteiger partial charge is 0.433 e. The number of rotatable bonds is 6. The molecule has 0 aliphatic carbocycles. The summed E-state index contributed by atoms with van der Waals surface area (Å²) in [7, 11) is 1.41. The van der Waals surface area contributed by atoms with Crippen molar-refractivity contribution in [2.24, 2.45) is 12.8 Å². The number of nitrogens with one attached hydrogen (secondary N) is 1. The Morgan fingerprint density at radius 3 is 2.46 bits per heavy atom. The zero-order chi connectivity index (χ0) is 27.4. The van der Waals surface area contributed by atoms with Gasteiger partial charge in [0, 0.05) is 30.2 Å². The second kappa shape index (κ2) is 8.95. The monoisotopic (exact) mass is 536 g/mol. The summed E-state index contributed by atoms with van der Waals surface area (Å²) in [6, 6.07) is 0.798. The van der Waals surface area contributed by atoms with Crippen LogP contribution >= 0.6 is 11.3 Å². The van der Waals surface area contributed by atoms with Crippen molar-refractivity contribution in [1.82, 2.24) is 24.5 Å². The third-order valence-electron chi connectivity index (χ3n) is 5.81. The molecular formula is C21H19F3N8O4S. The van der Waals surface area contributed by atoms with Gasteiger partial charge in [0.15, 0.2) is 0 Å². The molecule has 4 aromatic heterocycles. The Morgan fingerprint density at radius 1 is 1.24 bits per heavy atom. The summed E-state index contributed by atoms with van der Waals surface area (Å²) >= 11 is 0.558. The van der Waals surface area contributed by atoms with Crippen molar-refractivity contribution < 1.29 is 27.7 Å². The van der Waals surface area contributed by atoms with Gasteiger partial charge in [-0.2, -0.15) is 23.4 Å². The molecule has 2 amide bonds. The SMILES string of the molecule is CCn1ncc(-c2cc(C(F)(F)F)nc3sc(C(N)=O)c(NC(=O)c4nn(C)c(C)c4[N+](=O)[O-])c23)c1C. The number of anilines is 1. The van der Waals surface area contributed by atoms with Crippen LogP contribution in [0, 0.1) is 24.0 Å². The van der Waals surface area contributed by atoms with Crippen LogP contribution in [0.15, 0.2) is 12.3 Å². The Kier molecular flexibility index (Phi) is 6.23. The zero-order valence-corrected chi connectivity index (χ0v) is 20.6. The number of aryl methyl sites for hydroxylation is 2. The van der Waals surface area contributed by atoms with E-state index in [0.717, 1.165) is 10.7 Å². The molecule has 3 N–H and O–H groups in total. The first kappa shape index (κ1) is 25.7. The number of thiophene rings is 1. The van der Waals surface area contributed by atoms with E-state index in [1.54, 1.807) is 18.5 Å². The molecule has 4 heterocycles. The topological polar surface area (TPSA) is 164 Å². The van der Waals surface area contributed by atoms with E-state index >= 15 is 0 Å². The molecule has 0 bridgehead atoms. The molecule has 0 radical (unpaired) electrons. The predicted molar refractivity (Wildman–Crippen MR) is 127 cm³/mol. The van der Waals surface area contributed by atoms with E-state index < -0.39 is 40.0 Å². The molecule has 4 aromatic rings. The molecule has 0 saturated carbocycles. The number of amides is 2. The Labute approximate surface area is 210 Å². The Bertz CT molecular complexity index is 1600. The molecule has 16 heteroatoms. The summed E-state index contributed by atoms with van der Waals surface area (Å²) in [5.41, 5.74) is 3.88. The fourth-order valence-electron chi connectivity index (χ4n) is 3.92. The highest BCUT2D eigenvalue weighted by Gasteiger charge is 2.36. The van der Waals surface area contributed by atoms with Crippen molar-refractivity contribution >= 4 is 44.7 Å². The van der Waals surface area contributed by atoms with Crippen molar-refractivity contribution in [3.8, 4) is 11.1 Å². The molecule has 0 atom stereocenters. The lowest BCUT2D eigenvalue weighted by atomic mass is 10.0. The third-order valence-corrected chi connectivity index (χ3v) is 6.91. The molecule has 0 fully saturated rings. The van der Waals surface area contributed by atoms with Crippen molar-refractivity contribution in [2.45, 2.75) is 33.5 Å². The Hall–Kier alpha value is -4.34. The van der Waals surface area contributed by atoms with Crippen LogP contribution in [0.2, 0.25) is 0 Å². The molecule has 0 spiro atoms. The normalized spacial score (nSPS) is 11.8. The van der Waals surface area contributed by atoms with E-state index in [0.29, 0.717) is 29.1 Å². The maximum atomic E-state index is 13.7. The van der Waals surface area contributed by atoms with Gasteiger partial charge in [0.2, 0.25) is 5.69 Å². The van der Waals surface area contributed by atoms with Crippen LogP contribution in [-0.4, -0.2) is 41.3 Å². The summed E-state index contributed by atoms with van der Waals surface area (Å²) in [5.74, 6) is -2.09. The smallest absolute Gasteiger partial charge is 0.365 e. The van der Waals surface area contributed by atoms with Crippen molar-refractivity contribution in [3.63, 3.8) is 0 Å². The quantitative estimate of drug-likeness (QED) is 0.279. The lowest BCUT2D eigenvalue weighted by molar-refractivity contribution is -0.385. The van der Waals surface area contributed by atoms with E-state index in [-0.39, 0.29) is 32.0 Å². The van der Waals surface area contributed by atoms with Crippen molar-refractivity contribution in [1.29, 1.82) is 0 Å². The van der Waals surface area contributed by atoms with Crippen molar-refractivity contribution in [2.75, 3.05) is 5.32 Å². The first-order valence-corrected chi connectivity index (χ1v) is 11.4. The number of aromatic nitrogens is 5. The highest BCUT2D eigenvalue weighted by Crippen LogP contribution is 2.44. The summed E-state index contributed by atoms with van der Waals surface area (Å²) in [4.78, 5) is 39.4. The molecule has 0 aliphatic rings. The number of nitro groups is 1. The van der Waals surface area contributed by atoms with E-state index in [1.165, 1.54) is 20.2 Å². The zero-order valence-electron chi connectivity index (χ0n) is 19.8. The molecule has 0 aliphatic heterocycles. The molecule has 12 nitrogen and oxygen atoms in total. The average molecular weight is 536 g/mol. The number of nitrogens with zero attached hydrogens (tertiary/aromatic N) is 6. The lowest BCUT2D eigenvalue weighted by Crippen LogP contribution is -2.18. The van der Waals surface area contributed by atoms with E-state index in [4.69, 9.17) is 5.73 Å². The maximum absolute atomic E-state index is 13.7. The summed E-state index contributed by atoms with van der Waals surface area (Å²) in [5, 5.41) is 22.1. The van der Waals surface area contributed by atoms with Gasteiger partial charge in [-0.15, -0.1) is 11.3 Å². The maximum Gasteiger partial charge on any atom is 0.433 e. The van der Waals surface area contributed by atoms with Gasteiger partial charge in [0.05, 0.1) is 16.8 Å². The van der Waals surface area contributed by atoms with Gasteiger partial charge in [0.25, 0.3) is 11.8 Å². The van der Waals surface area contributed by atoms with Crippen LogP contribution in [0.1, 0.15) is 44.2 Å². The minimum absolute atomic E-state index is 0.000256. The highest BCUT2D eigenvalue weighted by atomic mass is 32.1. The van der Waals surface area contributed by atoms with Gasteiger partial charge in [-0.25, -0.2) is 4.98 Å². The third kappa shape index (κ3) is 4.28. The van der Waals surface area contributed by atoms with Gasteiger partial charge in [0.1, 0.15) is 21.1 Å². The van der Waals surface area contributed by atoms with E-state index in [2.05, 4.69) is 20.5 Å². The number of nitrogens with two attached hydrogens (primary N) is 1. The molecule has 0 saturated heterocycles. The molecule has 0 unspecified atom stereocenters. The lowest BCUT2D eigenvalue weighted by Gasteiger charge is -2.12. The average Bonchev–Trinajstić information content (AvgIpc) is 3.46. The van der Waals surface area contributed by atoms with Gasteiger partial charge < -0.3 is 11.1 Å². The van der Waals surface area contributed by atoms with E-state index in [1.807, 2.05) is 0 Å². The van der Waals surface area contributed by atoms with Crippen LogP contribution < -0.4 is 11.1 Å². The minimum atomic E-state index is -4.82. The van der Waals surface area contributed by atoms with Crippen LogP contribution in [0.25, 0.3) is 21.3 Å². The summed E-state index contributed by atoms with van der Waals surface area (Å²) in [6.45, 7) is 5.29. The number of pyridine rings is 1. The number of primary amides is 1. The molecule has 4 rings (SSSR count). The van der Waals surface area contributed by atoms with Gasteiger partial charge in [-0.3, -0.25) is 29.1 Å². The second-order valence-electron chi connectivity index (χ2n) is 7.98. The molecule has 37 heavy (non-hydrogen) atoms. The summed E-state index contributed by atoms with van der Waals surface area (Å²) < 4.78 is 43.9. The van der Waals surface area contributed by atoms with Gasteiger partial charge in [-0.1, -0.05) is 0 Å².